The van der Waals surface area contributed by atoms with Gasteiger partial charge in [0.25, 0.3) is 0 Å². The van der Waals surface area contributed by atoms with Gasteiger partial charge in [-0.15, -0.1) is 0 Å². The van der Waals surface area contributed by atoms with E-state index in [2.05, 4.69) is 26.7 Å². The minimum atomic E-state index is -0.582. The molecule has 0 aliphatic carbocycles. The molecule has 1 aliphatic heterocycles. The van der Waals surface area contributed by atoms with Crippen molar-refractivity contribution in [1.29, 1.82) is 5.26 Å². The van der Waals surface area contributed by atoms with Crippen LogP contribution < -0.4 is 15.4 Å². The summed E-state index contributed by atoms with van der Waals surface area (Å²) in [5.41, 5.74) is 3.11. The topological polar surface area (TPSA) is 156 Å². The quantitative estimate of drug-likeness (QED) is 0.155. The van der Waals surface area contributed by atoms with Crippen LogP contribution in [0.2, 0.25) is 0 Å². The SMILES string of the molecule is C/C=C(Oc1ccc(Nc2c(C#N)cnn3cc(NC(=O)OCCN4CCOCC4)c(C)c23)cc1)\C(=C/C)[N+](=O)[O-]. The van der Waals surface area contributed by atoms with Crippen LogP contribution in [0.1, 0.15) is 25.0 Å². The number of morpholine rings is 1. The van der Waals surface area contributed by atoms with Crippen LogP contribution >= 0.6 is 0 Å². The number of nitriles is 1. The summed E-state index contributed by atoms with van der Waals surface area (Å²) < 4.78 is 18.0. The van der Waals surface area contributed by atoms with E-state index in [1.54, 1.807) is 48.8 Å². The number of aryl methyl sites for hydroxylation is 1. The van der Waals surface area contributed by atoms with Crippen LogP contribution in [0.25, 0.3) is 5.52 Å². The number of rotatable bonds is 10. The Bertz CT molecular complexity index is 1520. The first-order valence-corrected chi connectivity index (χ1v) is 13.0. The molecular weight excluding hydrogens is 530 g/mol. The second-order valence-electron chi connectivity index (χ2n) is 9.06. The van der Waals surface area contributed by atoms with Crippen molar-refractivity contribution in [3.8, 4) is 11.8 Å². The zero-order valence-electron chi connectivity index (χ0n) is 23.0. The number of nitrogens with zero attached hydrogens (tertiary/aromatic N) is 5. The fourth-order valence-electron chi connectivity index (χ4n) is 4.34. The largest absolute Gasteiger partial charge is 0.450 e. The Morgan fingerprint density at radius 1 is 1.24 bits per heavy atom. The van der Waals surface area contributed by atoms with E-state index in [-0.39, 0.29) is 18.1 Å². The van der Waals surface area contributed by atoms with Gasteiger partial charge in [-0.2, -0.15) is 10.4 Å². The Hall–Kier alpha value is -4.93. The zero-order chi connectivity index (χ0) is 29.4. The van der Waals surface area contributed by atoms with Crippen LogP contribution in [-0.2, 0) is 9.47 Å². The summed E-state index contributed by atoms with van der Waals surface area (Å²) in [5, 5.41) is 31.4. The molecule has 3 aromatic rings. The molecule has 1 aromatic carbocycles. The van der Waals surface area contributed by atoms with E-state index >= 15 is 0 Å². The highest BCUT2D eigenvalue weighted by molar-refractivity contribution is 5.92. The standard InChI is InChI=1S/C28H31N7O6/c1-4-24(35(37)38)25(5-2)41-22-8-6-21(7-9-22)31-26-20(16-29)17-30-34-18-23(19(3)27(26)34)32-28(36)40-15-12-33-10-13-39-14-11-33/h4-9,17-18,31H,10-15H2,1-3H3,(H,32,36)/b24-4+,25-5+. The molecule has 0 unspecified atom stereocenters. The molecule has 2 N–H and O–H groups in total. The summed E-state index contributed by atoms with van der Waals surface area (Å²) in [6.45, 7) is 8.88. The van der Waals surface area contributed by atoms with Crippen molar-refractivity contribution in [2.24, 2.45) is 0 Å². The molecule has 1 fully saturated rings. The summed E-state index contributed by atoms with van der Waals surface area (Å²) in [5.74, 6) is 0.534. The molecule has 2 aromatic heterocycles. The molecule has 0 radical (unpaired) electrons. The summed E-state index contributed by atoms with van der Waals surface area (Å²) in [6, 6.07) is 8.93. The smallest absolute Gasteiger partial charge is 0.411 e. The predicted octanol–water partition coefficient (Wildman–Crippen LogP) is 4.60. The Balaban J connectivity index is 1.49. The lowest BCUT2D eigenvalue weighted by Gasteiger charge is -2.26. The lowest BCUT2D eigenvalue weighted by molar-refractivity contribution is -0.423. The molecule has 3 heterocycles. The predicted molar refractivity (Wildman–Crippen MR) is 152 cm³/mol. The molecule has 1 amide bonds. The number of ether oxygens (including phenoxy) is 3. The molecular formula is C28H31N7O6. The van der Waals surface area contributed by atoms with Gasteiger partial charge in [0.1, 0.15) is 18.4 Å². The molecule has 0 bridgehead atoms. The molecule has 1 saturated heterocycles. The number of amides is 1. The minimum absolute atomic E-state index is 0.129. The van der Waals surface area contributed by atoms with Crippen LogP contribution in [0.3, 0.4) is 0 Å². The van der Waals surface area contributed by atoms with Crippen LogP contribution in [0, 0.1) is 28.4 Å². The fraction of sp³-hybridized carbons (Fsp3) is 0.321. The normalized spacial score (nSPS) is 14.4. The highest BCUT2D eigenvalue weighted by atomic mass is 16.6. The van der Waals surface area contributed by atoms with Gasteiger partial charge < -0.3 is 19.5 Å². The number of hydrogen-bond acceptors (Lipinski definition) is 10. The van der Waals surface area contributed by atoms with Crippen molar-refractivity contribution in [3.63, 3.8) is 0 Å². The van der Waals surface area contributed by atoms with Crippen LogP contribution in [0.15, 0.2) is 60.3 Å². The number of nitro groups is 1. The molecule has 214 valence electrons. The highest BCUT2D eigenvalue weighted by Gasteiger charge is 2.20. The maximum Gasteiger partial charge on any atom is 0.411 e. The fourth-order valence-corrected chi connectivity index (χ4v) is 4.34. The van der Waals surface area contributed by atoms with Gasteiger partial charge in [-0.3, -0.25) is 20.3 Å². The average molecular weight is 562 g/mol. The number of fused-ring (bicyclic) bond motifs is 1. The van der Waals surface area contributed by atoms with Gasteiger partial charge in [-0.1, -0.05) is 0 Å². The van der Waals surface area contributed by atoms with Crippen molar-refractivity contribution >= 4 is 28.7 Å². The first-order valence-electron chi connectivity index (χ1n) is 13.0. The van der Waals surface area contributed by atoms with Gasteiger partial charge in [0, 0.05) is 30.9 Å². The van der Waals surface area contributed by atoms with Crippen LogP contribution in [0.4, 0.5) is 21.9 Å². The second-order valence-corrected chi connectivity index (χ2v) is 9.06. The third-order valence-corrected chi connectivity index (χ3v) is 6.49. The summed E-state index contributed by atoms with van der Waals surface area (Å²) >= 11 is 0. The van der Waals surface area contributed by atoms with Gasteiger partial charge in [0.2, 0.25) is 0 Å². The summed E-state index contributed by atoms with van der Waals surface area (Å²) in [4.78, 5) is 25.4. The summed E-state index contributed by atoms with van der Waals surface area (Å²) in [7, 11) is 0. The second kappa shape index (κ2) is 13.4. The van der Waals surface area contributed by atoms with E-state index in [9.17, 15) is 20.2 Å². The Morgan fingerprint density at radius 3 is 2.61 bits per heavy atom. The number of carbonyl (C=O) groups excluding carboxylic acids is 1. The number of allylic oxidation sites excluding steroid dienone is 2. The number of carbonyl (C=O) groups is 1. The van der Waals surface area contributed by atoms with Crippen molar-refractivity contribution in [2.75, 3.05) is 50.1 Å². The van der Waals surface area contributed by atoms with E-state index in [4.69, 9.17) is 14.2 Å². The van der Waals surface area contributed by atoms with Gasteiger partial charge in [-0.05, 0) is 57.2 Å². The van der Waals surface area contributed by atoms with Crippen molar-refractivity contribution in [3.05, 3.63) is 81.5 Å². The Morgan fingerprint density at radius 2 is 1.98 bits per heavy atom. The lowest BCUT2D eigenvalue weighted by Crippen LogP contribution is -2.38. The first-order chi connectivity index (χ1) is 19.8. The maximum atomic E-state index is 12.5. The van der Waals surface area contributed by atoms with E-state index in [0.717, 1.165) is 13.1 Å². The van der Waals surface area contributed by atoms with Crippen molar-refractivity contribution in [2.45, 2.75) is 20.8 Å². The van der Waals surface area contributed by atoms with Gasteiger partial charge in [0.05, 0.1) is 53.0 Å². The van der Waals surface area contributed by atoms with Gasteiger partial charge in [-0.25, -0.2) is 9.31 Å². The number of aromatic nitrogens is 2. The number of nitrogens with one attached hydrogen (secondary N) is 2. The van der Waals surface area contributed by atoms with Gasteiger partial charge >= 0.3 is 11.8 Å². The number of anilines is 3. The zero-order valence-corrected chi connectivity index (χ0v) is 23.0. The number of hydrogen-bond donors (Lipinski definition) is 2. The third-order valence-electron chi connectivity index (χ3n) is 6.49. The number of benzene rings is 1. The molecule has 13 heteroatoms. The minimum Gasteiger partial charge on any atom is -0.450 e. The van der Waals surface area contributed by atoms with E-state index < -0.39 is 11.0 Å². The highest BCUT2D eigenvalue weighted by Crippen LogP contribution is 2.33. The van der Waals surface area contributed by atoms with Crippen LogP contribution in [0.5, 0.6) is 5.75 Å². The Kier molecular flexibility index (Phi) is 9.51. The van der Waals surface area contributed by atoms with E-state index in [0.29, 0.717) is 59.2 Å². The lowest BCUT2D eigenvalue weighted by atomic mass is 10.1. The monoisotopic (exact) mass is 561 g/mol. The Labute approximate surface area is 236 Å². The molecule has 41 heavy (non-hydrogen) atoms. The molecule has 4 rings (SSSR count). The molecule has 0 saturated carbocycles. The molecule has 13 nitrogen and oxygen atoms in total. The third kappa shape index (κ3) is 6.99. The molecule has 0 atom stereocenters. The maximum absolute atomic E-state index is 12.5. The van der Waals surface area contributed by atoms with Crippen molar-refractivity contribution in [1.82, 2.24) is 14.5 Å². The van der Waals surface area contributed by atoms with E-state index in [1.165, 1.54) is 18.3 Å². The first kappa shape index (κ1) is 29.1. The van der Waals surface area contributed by atoms with Crippen molar-refractivity contribution < 1.29 is 23.9 Å². The average Bonchev–Trinajstić information content (AvgIpc) is 3.29. The molecule has 1 aliphatic rings. The van der Waals surface area contributed by atoms with Crippen LogP contribution in [-0.4, -0.2) is 65.0 Å². The summed E-state index contributed by atoms with van der Waals surface area (Å²) in [6.07, 6.45) is 5.41. The van der Waals surface area contributed by atoms with E-state index in [1.807, 2.05) is 6.92 Å². The molecule has 0 spiro atoms. The van der Waals surface area contributed by atoms with Gasteiger partial charge in [0.15, 0.2) is 5.76 Å².